The highest BCUT2D eigenvalue weighted by atomic mass is 31.2. The van der Waals surface area contributed by atoms with Gasteiger partial charge in [-0.1, -0.05) is 77.4 Å². The molecule has 9 heteroatoms. The molecule has 2 unspecified atom stereocenters. The molecule has 202 valence electrons. The van der Waals surface area contributed by atoms with Crippen molar-refractivity contribution in [2.75, 3.05) is 33.0 Å². The van der Waals surface area contributed by atoms with E-state index in [4.69, 9.17) is 24.3 Å². The Morgan fingerprint density at radius 1 is 0.853 bits per heavy atom. The lowest BCUT2D eigenvalue weighted by Crippen LogP contribution is -2.28. The quantitative estimate of drug-likeness (QED) is 0.0662. The highest BCUT2D eigenvalue weighted by molar-refractivity contribution is 7.47. The highest BCUT2D eigenvalue weighted by Gasteiger charge is 2.25. The lowest BCUT2D eigenvalue weighted by molar-refractivity contribution is -0.154. The van der Waals surface area contributed by atoms with E-state index in [0.717, 1.165) is 38.5 Å². The van der Waals surface area contributed by atoms with Gasteiger partial charge in [-0.2, -0.15) is 0 Å². The summed E-state index contributed by atoms with van der Waals surface area (Å²) in [6, 6.07) is 0. The Bertz CT molecular complexity index is 545. The standard InChI is InChI=1S/C25H50NO7P/c1-3-5-7-9-10-11-12-13-14-15-17-20-30-22-24(23-32-34(28,29)31-21-19-26)33-25(27)18-16-8-6-4-2/h7,9,24H,3-6,8,10-23,26H2,1-2H3,(H,28,29)/b9-7-. The first-order chi connectivity index (χ1) is 16.4. The van der Waals surface area contributed by atoms with E-state index in [9.17, 15) is 14.3 Å². The minimum absolute atomic E-state index is 0.0955. The summed E-state index contributed by atoms with van der Waals surface area (Å²) in [6.45, 7) is 4.69. The molecule has 0 bridgehead atoms. The Morgan fingerprint density at radius 2 is 1.53 bits per heavy atom. The minimum Gasteiger partial charge on any atom is -0.457 e. The normalized spacial score (nSPS) is 14.4. The molecular weight excluding hydrogens is 457 g/mol. The number of phosphoric acid groups is 1. The summed E-state index contributed by atoms with van der Waals surface area (Å²) in [4.78, 5) is 21.8. The van der Waals surface area contributed by atoms with Gasteiger partial charge in [-0.3, -0.25) is 13.8 Å². The van der Waals surface area contributed by atoms with Crippen LogP contribution in [-0.2, 0) is 27.9 Å². The molecule has 3 N–H and O–H groups in total. The van der Waals surface area contributed by atoms with Gasteiger partial charge in [0.2, 0.25) is 0 Å². The molecule has 0 rings (SSSR count). The number of esters is 1. The number of unbranched alkanes of at least 4 members (excludes halogenated alkanes) is 10. The topological polar surface area (TPSA) is 117 Å². The third kappa shape index (κ3) is 23.0. The molecule has 0 heterocycles. The summed E-state index contributed by atoms with van der Waals surface area (Å²) >= 11 is 0. The lowest BCUT2D eigenvalue weighted by Gasteiger charge is -2.20. The molecule has 0 aromatic rings. The van der Waals surface area contributed by atoms with Crippen LogP contribution in [0.25, 0.3) is 0 Å². The minimum atomic E-state index is -4.24. The largest absolute Gasteiger partial charge is 0.472 e. The number of rotatable bonds is 25. The Hall–Kier alpha value is -0.760. The molecule has 0 aliphatic heterocycles. The maximum atomic E-state index is 12.1. The van der Waals surface area contributed by atoms with Crippen molar-refractivity contribution in [1.82, 2.24) is 0 Å². The maximum Gasteiger partial charge on any atom is 0.472 e. The molecule has 0 spiro atoms. The van der Waals surface area contributed by atoms with Gasteiger partial charge in [-0.05, 0) is 32.1 Å². The molecule has 0 saturated carbocycles. The summed E-state index contributed by atoms with van der Waals surface area (Å²) in [5, 5.41) is 0. The van der Waals surface area contributed by atoms with Gasteiger partial charge in [0.15, 0.2) is 0 Å². The van der Waals surface area contributed by atoms with Crippen LogP contribution in [0.3, 0.4) is 0 Å². The fraction of sp³-hybridized carbons (Fsp3) is 0.880. The van der Waals surface area contributed by atoms with Crippen LogP contribution in [0.1, 0.15) is 104 Å². The summed E-state index contributed by atoms with van der Waals surface area (Å²) in [7, 11) is -4.24. The van der Waals surface area contributed by atoms with Crippen LogP contribution in [-0.4, -0.2) is 49.9 Å². The van der Waals surface area contributed by atoms with E-state index in [-0.39, 0.29) is 32.3 Å². The van der Waals surface area contributed by atoms with E-state index in [1.54, 1.807) is 0 Å². The van der Waals surface area contributed by atoms with E-state index in [1.807, 2.05) is 0 Å². The molecular formula is C25H50NO7P. The van der Waals surface area contributed by atoms with E-state index < -0.39 is 13.9 Å². The third-order valence-electron chi connectivity index (χ3n) is 5.16. The average molecular weight is 508 g/mol. The fourth-order valence-corrected chi connectivity index (χ4v) is 4.00. The third-order valence-corrected chi connectivity index (χ3v) is 6.15. The van der Waals surface area contributed by atoms with Gasteiger partial charge in [0.05, 0.1) is 19.8 Å². The van der Waals surface area contributed by atoms with Crippen molar-refractivity contribution >= 4 is 13.8 Å². The van der Waals surface area contributed by atoms with Gasteiger partial charge >= 0.3 is 13.8 Å². The Balaban J connectivity index is 4.13. The average Bonchev–Trinajstić information content (AvgIpc) is 2.82. The summed E-state index contributed by atoms with van der Waals surface area (Å²) in [5.74, 6) is -0.353. The maximum absolute atomic E-state index is 12.1. The molecule has 0 aliphatic rings. The zero-order valence-corrected chi connectivity index (χ0v) is 22.5. The van der Waals surface area contributed by atoms with E-state index in [2.05, 4.69) is 26.0 Å². The highest BCUT2D eigenvalue weighted by Crippen LogP contribution is 2.43. The molecule has 0 saturated heterocycles. The Morgan fingerprint density at radius 3 is 2.24 bits per heavy atom. The van der Waals surface area contributed by atoms with Gasteiger partial charge in [0, 0.05) is 19.6 Å². The van der Waals surface area contributed by atoms with Gasteiger partial charge in [0.1, 0.15) is 6.10 Å². The molecule has 0 aromatic heterocycles. The van der Waals surface area contributed by atoms with Gasteiger partial charge in [-0.15, -0.1) is 0 Å². The van der Waals surface area contributed by atoms with Crippen molar-refractivity contribution in [2.24, 2.45) is 5.73 Å². The molecule has 0 amide bonds. The Labute approximate surface area is 207 Å². The number of allylic oxidation sites excluding steroid dienone is 2. The lowest BCUT2D eigenvalue weighted by atomic mass is 10.1. The van der Waals surface area contributed by atoms with E-state index in [0.29, 0.717) is 13.0 Å². The number of hydrogen-bond acceptors (Lipinski definition) is 7. The van der Waals surface area contributed by atoms with Crippen molar-refractivity contribution < 1.29 is 32.8 Å². The van der Waals surface area contributed by atoms with Crippen LogP contribution in [0.2, 0.25) is 0 Å². The van der Waals surface area contributed by atoms with Gasteiger partial charge in [0.25, 0.3) is 0 Å². The fourth-order valence-electron chi connectivity index (χ4n) is 3.23. The first-order valence-electron chi connectivity index (χ1n) is 13.2. The van der Waals surface area contributed by atoms with Crippen molar-refractivity contribution in [3.8, 4) is 0 Å². The summed E-state index contributed by atoms with van der Waals surface area (Å²) in [5.41, 5.74) is 5.28. The number of phosphoric ester groups is 1. The zero-order valence-electron chi connectivity index (χ0n) is 21.6. The van der Waals surface area contributed by atoms with Crippen LogP contribution >= 0.6 is 7.82 Å². The molecule has 8 nitrogen and oxygen atoms in total. The van der Waals surface area contributed by atoms with E-state index >= 15 is 0 Å². The predicted octanol–water partition coefficient (Wildman–Crippen LogP) is 6.06. The van der Waals surface area contributed by atoms with Crippen LogP contribution in [0.15, 0.2) is 12.2 Å². The van der Waals surface area contributed by atoms with Crippen molar-refractivity contribution in [1.29, 1.82) is 0 Å². The number of carbonyl (C=O) groups excluding carboxylic acids is 1. The van der Waals surface area contributed by atoms with Crippen molar-refractivity contribution in [3.63, 3.8) is 0 Å². The zero-order chi connectivity index (χ0) is 25.3. The summed E-state index contributed by atoms with van der Waals surface area (Å²) in [6.07, 6.45) is 18.4. The van der Waals surface area contributed by atoms with Crippen LogP contribution in [0, 0.1) is 0 Å². The van der Waals surface area contributed by atoms with Crippen molar-refractivity contribution in [2.45, 2.75) is 110 Å². The molecule has 0 radical (unpaired) electrons. The molecule has 0 aromatic carbocycles. The molecule has 34 heavy (non-hydrogen) atoms. The number of nitrogens with two attached hydrogens (primary N) is 1. The number of ether oxygens (including phenoxy) is 2. The number of carbonyl (C=O) groups is 1. The second-order valence-electron chi connectivity index (χ2n) is 8.55. The number of hydrogen-bond donors (Lipinski definition) is 2. The van der Waals surface area contributed by atoms with Crippen LogP contribution < -0.4 is 5.73 Å². The smallest absolute Gasteiger partial charge is 0.457 e. The van der Waals surface area contributed by atoms with Gasteiger partial charge < -0.3 is 20.1 Å². The first kappa shape index (κ1) is 33.2. The Kier molecular flexibility index (Phi) is 23.4. The van der Waals surface area contributed by atoms with Crippen LogP contribution in [0.4, 0.5) is 0 Å². The SMILES string of the molecule is CCC/C=C\CCCCCCCCOCC(COP(=O)(O)OCCN)OC(=O)CCCCCC. The summed E-state index contributed by atoms with van der Waals surface area (Å²) < 4.78 is 32.7. The van der Waals surface area contributed by atoms with Crippen molar-refractivity contribution in [3.05, 3.63) is 12.2 Å². The predicted molar refractivity (Wildman–Crippen MR) is 137 cm³/mol. The van der Waals surface area contributed by atoms with Gasteiger partial charge in [-0.25, -0.2) is 4.57 Å². The second kappa shape index (κ2) is 24.0. The molecule has 0 aliphatic carbocycles. The molecule has 2 atom stereocenters. The first-order valence-corrected chi connectivity index (χ1v) is 14.7. The van der Waals surface area contributed by atoms with E-state index in [1.165, 1.54) is 44.9 Å². The monoisotopic (exact) mass is 507 g/mol. The van der Waals surface area contributed by atoms with Crippen LogP contribution in [0.5, 0.6) is 0 Å². The second-order valence-corrected chi connectivity index (χ2v) is 10.0. The molecule has 0 fully saturated rings.